The molecular formula is C17H24Cl2N6. The molecule has 25 heavy (non-hydrogen) atoms. The number of hydrogen-bond donors (Lipinski definition) is 1. The van der Waals surface area contributed by atoms with Gasteiger partial charge in [0, 0.05) is 33.1 Å². The van der Waals surface area contributed by atoms with Gasteiger partial charge < -0.3 is 14.8 Å². The highest BCUT2D eigenvalue weighted by molar-refractivity contribution is 6.42. The summed E-state index contributed by atoms with van der Waals surface area (Å²) in [6.07, 6.45) is 2.61. The molecule has 0 amide bonds. The molecule has 0 aliphatic rings. The Hall–Kier alpha value is -1.79. The van der Waals surface area contributed by atoms with E-state index in [0.717, 1.165) is 36.9 Å². The SMILES string of the molecule is CCNC(=NCCn1cnnc1CC)N(C)Cc1ccc(Cl)c(Cl)c1. The minimum absolute atomic E-state index is 0.564. The van der Waals surface area contributed by atoms with Crippen LogP contribution in [-0.2, 0) is 19.5 Å². The highest BCUT2D eigenvalue weighted by atomic mass is 35.5. The Morgan fingerprint density at radius 3 is 2.76 bits per heavy atom. The van der Waals surface area contributed by atoms with Crippen LogP contribution in [0.2, 0.25) is 10.0 Å². The van der Waals surface area contributed by atoms with Crippen molar-refractivity contribution >= 4 is 29.2 Å². The second kappa shape index (κ2) is 9.63. The third-order valence-electron chi connectivity index (χ3n) is 3.71. The number of aryl methyl sites for hydroxylation is 1. The topological polar surface area (TPSA) is 58.3 Å². The summed E-state index contributed by atoms with van der Waals surface area (Å²) >= 11 is 12.1. The molecule has 1 N–H and O–H groups in total. The Morgan fingerprint density at radius 1 is 1.28 bits per heavy atom. The van der Waals surface area contributed by atoms with Gasteiger partial charge in [-0.05, 0) is 24.6 Å². The molecule has 1 aromatic heterocycles. The summed E-state index contributed by atoms with van der Waals surface area (Å²) in [6, 6.07) is 5.67. The van der Waals surface area contributed by atoms with E-state index in [1.807, 2.05) is 29.8 Å². The van der Waals surface area contributed by atoms with Crippen LogP contribution in [0.5, 0.6) is 0 Å². The molecule has 0 bridgehead atoms. The fourth-order valence-corrected chi connectivity index (χ4v) is 2.78. The van der Waals surface area contributed by atoms with Gasteiger partial charge >= 0.3 is 0 Å². The Bertz CT molecular complexity index is 713. The van der Waals surface area contributed by atoms with E-state index < -0.39 is 0 Å². The quantitative estimate of drug-likeness (QED) is 0.589. The lowest BCUT2D eigenvalue weighted by atomic mass is 10.2. The van der Waals surface area contributed by atoms with Gasteiger partial charge in [-0.15, -0.1) is 10.2 Å². The summed E-state index contributed by atoms with van der Waals surface area (Å²) in [7, 11) is 2.00. The number of guanidine groups is 1. The van der Waals surface area contributed by atoms with E-state index in [4.69, 9.17) is 28.2 Å². The minimum Gasteiger partial charge on any atom is -0.357 e. The molecule has 0 aliphatic carbocycles. The second-order valence-corrected chi connectivity index (χ2v) is 6.45. The molecule has 0 saturated heterocycles. The zero-order valence-electron chi connectivity index (χ0n) is 14.8. The third-order valence-corrected chi connectivity index (χ3v) is 4.45. The Labute approximate surface area is 158 Å². The first-order valence-corrected chi connectivity index (χ1v) is 9.10. The number of aliphatic imine (C=N–C) groups is 1. The van der Waals surface area contributed by atoms with Crippen LogP contribution in [0.15, 0.2) is 29.5 Å². The number of benzene rings is 1. The predicted octanol–water partition coefficient (Wildman–Crippen LogP) is 3.24. The van der Waals surface area contributed by atoms with Crippen molar-refractivity contribution in [2.24, 2.45) is 4.99 Å². The van der Waals surface area contributed by atoms with Crippen molar-refractivity contribution in [1.29, 1.82) is 0 Å². The monoisotopic (exact) mass is 382 g/mol. The first kappa shape index (κ1) is 19.5. The molecule has 136 valence electrons. The van der Waals surface area contributed by atoms with Crippen LogP contribution in [-0.4, -0.2) is 45.8 Å². The molecule has 0 fully saturated rings. The third kappa shape index (κ3) is 5.61. The van der Waals surface area contributed by atoms with E-state index in [1.54, 1.807) is 6.33 Å². The molecule has 1 heterocycles. The van der Waals surface area contributed by atoms with Gasteiger partial charge in [0.2, 0.25) is 0 Å². The summed E-state index contributed by atoms with van der Waals surface area (Å²) in [5, 5.41) is 12.5. The van der Waals surface area contributed by atoms with Crippen molar-refractivity contribution in [1.82, 2.24) is 25.0 Å². The number of nitrogens with zero attached hydrogens (tertiary/aromatic N) is 5. The number of hydrogen-bond acceptors (Lipinski definition) is 3. The fourth-order valence-electron chi connectivity index (χ4n) is 2.46. The fraction of sp³-hybridized carbons (Fsp3) is 0.471. The van der Waals surface area contributed by atoms with Crippen molar-refractivity contribution in [3.05, 3.63) is 46.0 Å². The van der Waals surface area contributed by atoms with E-state index in [2.05, 4.69) is 34.3 Å². The summed E-state index contributed by atoms with van der Waals surface area (Å²) in [5.74, 6) is 1.82. The molecule has 8 heteroatoms. The zero-order chi connectivity index (χ0) is 18.2. The summed E-state index contributed by atoms with van der Waals surface area (Å²) < 4.78 is 2.03. The number of halogens is 2. The Kier molecular flexibility index (Phi) is 7.52. The average Bonchev–Trinajstić information content (AvgIpc) is 3.05. The van der Waals surface area contributed by atoms with Gasteiger partial charge in [0.1, 0.15) is 12.2 Å². The lowest BCUT2D eigenvalue weighted by Gasteiger charge is -2.22. The van der Waals surface area contributed by atoms with E-state index >= 15 is 0 Å². The first-order chi connectivity index (χ1) is 12.0. The highest BCUT2D eigenvalue weighted by Crippen LogP contribution is 2.23. The lowest BCUT2D eigenvalue weighted by Crippen LogP contribution is -2.38. The van der Waals surface area contributed by atoms with E-state index in [-0.39, 0.29) is 0 Å². The molecule has 0 radical (unpaired) electrons. The van der Waals surface area contributed by atoms with Crippen LogP contribution in [0.3, 0.4) is 0 Å². The molecule has 0 unspecified atom stereocenters. The largest absolute Gasteiger partial charge is 0.357 e. The minimum atomic E-state index is 0.564. The van der Waals surface area contributed by atoms with Crippen LogP contribution in [0.1, 0.15) is 25.2 Å². The van der Waals surface area contributed by atoms with Crippen molar-refractivity contribution < 1.29 is 0 Å². The van der Waals surface area contributed by atoms with Crippen LogP contribution >= 0.6 is 23.2 Å². The van der Waals surface area contributed by atoms with Gasteiger partial charge in [-0.2, -0.15) is 0 Å². The summed E-state index contributed by atoms with van der Waals surface area (Å²) in [4.78, 5) is 6.76. The highest BCUT2D eigenvalue weighted by Gasteiger charge is 2.08. The molecule has 6 nitrogen and oxygen atoms in total. The molecule has 0 aliphatic heterocycles. The van der Waals surface area contributed by atoms with Gasteiger partial charge in [0.05, 0.1) is 16.6 Å². The van der Waals surface area contributed by atoms with Crippen molar-refractivity contribution in [3.8, 4) is 0 Å². The zero-order valence-corrected chi connectivity index (χ0v) is 16.3. The summed E-state index contributed by atoms with van der Waals surface area (Å²) in [6.45, 7) is 7.02. The maximum atomic E-state index is 6.10. The predicted molar refractivity (Wildman–Crippen MR) is 103 cm³/mol. The maximum Gasteiger partial charge on any atom is 0.194 e. The maximum absolute atomic E-state index is 6.10. The van der Waals surface area contributed by atoms with Crippen molar-refractivity contribution in [2.45, 2.75) is 33.4 Å². The number of rotatable bonds is 7. The van der Waals surface area contributed by atoms with Gasteiger partial charge in [0.25, 0.3) is 0 Å². The van der Waals surface area contributed by atoms with E-state index in [0.29, 0.717) is 23.1 Å². The van der Waals surface area contributed by atoms with Gasteiger partial charge in [0.15, 0.2) is 5.96 Å². The van der Waals surface area contributed by atoms with Crippen LogP contribution in [0.4, 0.5) is 0 Å². The molecule has 2 aromatic rings. The smallest absolute Gasteiger partial charge is 0.194 e. The lowest BCUT2D eigenvalue weighted by molar-refractivity contribution is 0.475. The number of nitrogens with one attached hydrogen (secondary N) is 1. The van der Waals surface area contributed by atoms with E-state index in [1.165, 1.54) is 0 Å². The standard InChI is InChI=1S/C17H24Cl2N6/c1-4-16-23-22-12-25(16)9-8-21-17(20-5-2)24(3)11-13-6-7-14(18)15(19)10-13/h6-7,10,12H,4-5,8-9,11H2,1-3H3,(H,20,21). The van der Waals surface area contributed by atoms with Gasteiger partial charge in [-0.3, -0.25) is 4.99 Å². The summed E-state index contributed by atoms with van der Waals surface area (Å²) in [5.41, 5.74) is 1.08. The Balaban J connectivity index is 2.01. The van der Waals surface area contributed by atoms with Crippen LogP contribution in [0, 0.1) is 0 Å². The van der Waals surface area contributed by atoms with Crippen molar-refractivity contribution in [2.75, 3.05) is 20.1 Å². The number of aromatic nitrogens is 3. The molecule has 0 spiro atoms. The first-order valence-electron chi connectivity index (χ1n) is 8.35. The molecular weight excluding hydrogens is 359 g/mol. The van der Waals surface area contributed by atoms with Gasteiger partial charge in [-0.25, -0.2) is 0 Å². The normalized spacial score (nSPS) is 11.6. The Morgan fingerprint density at radius 2 is 2.08 bits per heavy atom. The van der Waals surface area contributed by atoms with Crippen molar-refractivity contribution in [3.63, 3.8) is 0 Å². The molecule has 0 saturated carbocycles. The van der Waals surface area contributed by atoms with Gasteiger partial charge in [-0.1, -0.05) is 36.2 Å². The molecule has 1 aromatic carbocycles. The van der Waals surface area contributed by atoms with Crippen LogP contribution in [0.25, 0.3) is 0 Å². The molecule has 0 atom stereocenters. The van der Waals surface area contributed by atoms with E-state index in [9.17, 15) is 0 Å². The average molecular weight is 383 g/mol. The molecule has 2 rings (SSSR count). The van der Waals surface area contributed by atoms with Crippen LogP contribution < -0.4 is 5.32 Å². The second-order valence-electron chi connectivity index (χ2n) is 5.63.